The summed E-state index contributed by atoms with van der Waals surface area (Å²) in [6.45, 7) is 2.98. The lowest BCUT2D eigenvalue weighted by Gasteiger charge is -2.22. The number of allylic oxidation sites excluding steroid dienone is 3. The lowest BCUT2D eigenvalue weighted by Crippen LogP contribution is -2.28. The van der Waals surface area contributed by atoms with Crippen molar-refractivity contribution in [1.82, 2.24) is 4.90 Å². The molecule has 72 valence electrons. The van der Waals surface area contributed by atoms with Crippen molar-refractivity contribution in [1.29, 1.82) is 0 Å². The molecule has 1 atom stereocenters. The van der Waals surface area contributed by atoms with E-state index in [0.717, 1.165) is 31.4 Å². The van der Waals surface area contributed by atoms with Gasteiger partial charge in [-0.05, 0) is 38.1 Å². The predicted octanol–water partition coefficient (Wildman–Crippen LogP) is 1.03. The zero-order valence-corrected chi connectivity index (χ0v) is 7.94. The van der Waals surface area contributed by atoms with Gasteiger partial charge in [0, 0.05) is 12.2 Å². The molecule has 2 N–H and O–H groups in total. The molecule has 0 aromatic carbocycles. The second-order valence-electron chi connectivity index (χ2n) is 3.23. The van der Waals surface area contributed by atoms with Crippen molar-refractivity contribution in [2.75, 3.05) is 6.54 Å². The van der Waals surface area contributed by atoms with Crippen molar-refractivity contribution < 1.29 is 4.79 Å². The van der Waals surface area contributed by atoms with Gasteiger partial charge in [0.1, 0.15) is 6.29 Å². The Hall–Kier alpha value is -1.25. The minimum atomic E-state index is 0.0717. The minimum absolute atomic E-state index is 0.0717. The molecule has 13 heavy (non-hydrogen) atoms. The van der Waals surface area contributed by atoms with Gasteiger partial charge in [-0.2, -0.15) is 0 Å². The molecule has 1 heterocycles. The van der Waals surface area contributed by atoms with Gasteiger partial charge in [0.15, 0.2) is 0 Å². The maximum Gasteiger partial charge on any atom is 0.142 e. The summed E-state index contributed by atoms with van der Waals surface area (Å²) in [7, 11) is 0. The summed E-state index contributed by atoms with van der Waals surface area (Å²) in [5.74, 6) is 0. The van der Waals surface area contributed by atoms with Gasteiger partial charge in [-0.3, -0.25) is 0 Å². The standard InChI is InChI=1S/C10H16N2O/c1-9(4-2-6-11)12-7-3-5-10(12)8-13/h2,4,6,8,10H,3,5,7,11H2,1H3/b6-2-,9-4+. The molecule has 0 aromatic rings. The third-order valence-electron chi connectivity index (χ3n) is 2.36. The number of rotatable bonds is 3. The zero-order valence-electron chi connectivity index (χ0n) is 7.94. The Morgan fingerprint density at radius 1 is 1.62 bits per heavy atom. The highest BCUT2D eigenvalue weighted by Gasteiger charge is 2.23. The second-order valence-corrected chi connectivity index (χ2v) is 3.23. The van der Waals surface area contributed by atoms with Crippen LogP contribution < -0.4 is 5.73 Å². The fourth-order valence-electron chi connectivity index (χ4n) is 1.66. The lowest BCUT2D eigenvalue weighted by atomic mass is 10.2. The molecule has 1 fully saturated rings. The first-order valence-electron chi connectivity index (χ1n) is 4.56. The molecule has 0 radical (unpaired) electrons. The molecular weight excluding hydrogens is 164 g/mol. The molecule has 0 spiro atoms. The summed E-state index contributed by atoms with van der Waals surface area (Å²) < 4.78 is 0. The first-order chi connectivity index (χ1) is 6.29. The molecule has 3 nitrogen and oxygen atoms in total. The Bertz CT molecular complexity index is 233. The van der Waals surface area contributed by atoms with Gasteiger partial charge in [0.2, 0.25) is 0 Å². The molecule has 1 aliphatic heterocycles. The fourth-order valence-corrected chi connectivity index (χ4v) is 1.66. The number of carbonyl (C=O) groups excluding carboxylic acids is 1. The topological polar surface area (TPSA) is 46.3 Å². The van der Waals surface area contributed by atoms with Crippen molar-refractivity contribution in [2.24, 2.45) is 5.73 Å². The van der Waals surface area contributed by atoms with Crippen LogP contribution in [-0.2, 0) is 4.79 Å². The van der Waals surface area contributed by atoms with Crippen LogP contribution in [0.15, 0.2) is 24.0 Å². The first kappa shape index (κ1) is 9.84. The minimum Gasteiger partial charge on any atom is -0.405 e. The molecule has 0 amide bonds. The lowest BCUT2D eigenvalue weighted by molar-refractivity contribution is -0.111. The van der Waals surface area contributed by atoms with E-state index in [9.17, 15) is 4.79 Å². The van der Waals surface area contributed by atoms with Crippen molar-refractivity contribution >= 4 is 6.29 Å². The van der Waals surface area contributed by atoms with Gasteiger partial charge < -0.3 is 15.4 Å². The second kappa shape index (κ2) is 4.70. The van der Waals surface area contributed by atoms with Gasteiger partial charge in [-0.15, -0.1) is 0 Å². The maximum absolute atomic E-state index is 10.7. The van der Waals surface area contributed by atoms with Crippen LogP contribution in [0.5, 0.6) is 0 Å². The summed E-state index contributed by atoms with van der Waals surface area (Å²) in [5.41, 5.74) is 6.34. The predicted molar refractivity (Wildman–Crippen MR) is 52.9 cm³/mol. The maximum atomic E-state index is 10.7. The third-order valence-corrected chi connectivity index (χ3v) is 2.36. The molecular formula is C10H16N2O. The highest BCUT2D eigenvalue weighted by atomic mass is 16.1. The smallest absolute Gasteiger partial charge is 0.142 e. The molecule has 1 saturated heterocycles. The highest BCUT2D eigenvalue weighted by Crippen LogP contribution is 2.20. The average molecular weight is 180 g/mol. The van der Waals surface area contributed by atoms with E-state index in [1.165, 1.54) is 6.20 Å². The molecule has 0 bridgehead atoms. The van der Waals surface area contributed by atoms with E-state index in [1.54, 1.807) is 6.08 Å². The molecule has 3 heteroatoms. The van der Waals surface area contributed by atoms with E-state index in [1.807, 2.05) is 13.0 Å². The summed E-state index contributed by atoms with van der Waals surface area (Å²) in [4.78, 5) is 12.8. The van der Waals surface area contributed by atoms with Gasteiger partial charge in [-0.1, -0.05) is 0 Å². The van der Waals surface area contributed by atoms with Crippen LogP contribution >= 0.6 is 0 Å². The van der Waals surface area contributed by atoms with E-state index in [4.69, 9.17) is 5.73 Å². The number of carbonyl (C=O) groups is 1. The molecule has 1 rings (SSSR count). The van der Waals surface area contributed by atoms with Crippen LogP contribution in [0.2, 0.25) is 0 Å². The number of aldehydes is 1. The van der Waals surface area contributed by atoms with Crippen molar-refractivity contribution in [3.63, 3.8) is 0 Å². The number of likely N-dealkylation sites (tertiary alicyclic amines) is 1. The number of nitrogens with zero attached hydrogens (tertiary/aromatic N) is 1. The summed E-state index contributed by atoms with van der Waals surface area (Å²) >= 11 is 0. The Balaban J connectivity index is 2.64. The van der Waals surface area contributed by atoms with E-state index in [2.05, 4.69) is 4.90 Å². The number of hydrogen-bond acceptors (Lipinski definition) is 3. The Morgan fingerprint density at radius 2 is 2.38 bits per heavy atom. The normalized spacial score (nSPS) is 24.2. The quantitative estimate of drug-likeness (QED) is 0.521. The largest absolute Gasteiger partial charge is 0.405 e. The fraction of sp³-hybridized carbons (Fsp3) is 0.500. The van der Waals surface area contributed by atoms with Crippen LogP contribution in [-0.4, -0.2) is 23.8 Å². The van der Waals surface area contributed by atoms with Gasteiger partial charge in [0.05, 0.1) is 6.04 Å². The molecule has 1 unspecified atom stereocenters. The summed E-state index contributed by atoms with van der Waals surface area (Å²) in [5, 5.41) is 0. The Kier molecular flexibility index (Phi) is 3.55. The molecule has 1 aliphatic rings. The summed E-state index contributed by atoms with van der Waals surface area (Å²) in [6.07, 6.45) is 8.31. The SMILES string of the molecule is C/C(=C\C=C/N)N1CCCC1C=O. The number of nitrogens with two attached hydrogens (primary N) is 1. The zero-order chi connectivity index (χ0) is 9.68. The van der Waals surface area contributed by atoms with Gasteiger partial charge in [0.25, 0.3) is 0 Å². The first-order valence-corrected chi connectivity index (χ1v) is 4.56. The van der Waals surface area contributed by atoms with Crippen molar-refractivity contribution in [3.8, 4) is 0 Å². The summed E-state index contributed by atoms with van der Waals surface area (Å²) in [6, 6.07) is 0.0717. The van der Waals surface area contributed by atoms with Crippen LogP contribution in [0.3, 0.4) is 0 Å². The molecule has 0 aromatic heterocycles. The Labute approximate surface area is 78.9 Å². The van der Waals surface area contributed by atoms with Crippen molar-refractivity contribution in [3.05, 3.63) is 24.0 Å². The third kappa shape index (κ3) is 2.34. The van der Waals surface area contributed by atoms with E-state index < -0.39 is 0 Å². The van der Waals surface area contributed by atoms with Gasteiger partial charge in [-0.25, -0.2) is 0 Å². The molecule has 0 aliphatic carbocycles. The highest BCUT2D eigenvalue weighted by molar-refractivity contribution is 5.58. The van der Waals surface area contributed by atoms with Crippen LogP contribution in [0.4, 0.5) is 0 Å². The van der Waals surface area contributed by atoms with E-state index >= 15 is 0 Å². The van der Waals surface area contributed by atoms with Gasteiger partial charge >= 0.3 is 0 Å². The monoisotopic (exact) mass is 180 g/mol. The van der Waals surface area contributed by atoms with Crippen LogP contribution in [0.1, 0.15) is 19.8 Å². The number of hydrogen-bond donors (Lipinski definition) is 1. The Morgan fingerprint density at radius 3 is 3.00 bits per heavy atom. The van der Waals surface area contributed by atoms with E-state index in [0.29, 0.717) is 0 Å². The van der Waals surface area contributed by atoms with Crippen LogP contribution in [0, 0.1) is 0 Å². The average Bonchev–Trinajstić information content (AvgIpc) is 2.61. The van der Waals surface area contributed by atoms with Crippen molar-refractivity contribution in [2.45, 2.75) is 25.8 Å². The molecule has 0 saturated carbocycles. The van der Waals surface area contributed by atoms with E-state index in [-0.39, 0.29) is 6.04 Å². The van der Waals surface area contributed by atoms with Crippen LogP contribution in [0.25, 0.3) is 0 Å².